The maximum Gasteiger partial charge on any atom is 0.256 e. The molecule has 1 aromatic rings. The zero-order valence-corrected chi connectivity index (χ0v) is 10.0. The van der Waals surface area contributed by atoms with Crippen LogP contribution in [0.4, 0.5) is 5.82 Å². The summed E-state index contributed by atoms with van der Waals surface area (Å²) in [4.78, 5) is 18.8. The minimum Gasteiger partial charge on any atom is -0.383 e. The Labute approximate surface area is 99.1 Å². The van der Waals surface area contributed by atoms with E-state index >= 15 is 0 Å². The van der Waals surface area contributed by atoms with Gasteiger partial charge in [-0.05, 0) is 5.92 Å². The van der Waals surface area contributed by atoms with Crippen molar-refractivity contribution in [3.63, 3.8) is 0 Å². The fraction of sp³-hybridized carbons (Fsp3) is 0.636. The van der Waals surface area contributed by atoms with Gasteiger partial charge in [-0.1, -0.05) is 13.8 Å². The number of aromatic nitrogens is 2. The van der Waals surface area contributed by atoms with Crippen molar-refractivity contribution in [2.45, 2.75) is 25.9 Å². The average Bonchev–Trinajstić information content (AvgIpc) is 2.28. The number of hydrogen-bond donors (Lipinski definition) is 2. The minimum atomic E-state index is -0.333. The van der Waals surface area contributed by atoms with Crippen LogP contribution < -0.4 is 11.3 Å². The molecule has 1 fully saturated rings. The van der Waals surface area contributed by atoms with E-state index in [9.17, 15) is 4.79 Å². The summed E-state index contributed by atoms with van der Waals surface area (Å²) >= 11 is 0. The van der Waals surface area contributed by atoms with Crippen molar-refractivity contribution in [3.05, 3.63) is 21.7 Å². The van der Waals surface area contributed by atoms with Crippen LogP contribution in [0.25, 0.3) is 0 Å². The number of aromatic amines is 1. The molecule has 1 aliphatic heterocycles. The second-order valence-corrected chi connectivity index (χ2v) is 4.34. The van der Waals surface area contributed by atoms with Crippen LogP contribution in [0, 0.1) is 0 Å². The van der Waals surface area contributed by atoms with E-state index < -0.39 is 0 Å². The van der Waals surface area contributed by atoms with Crippen LogP contribution in [0.2, 0.25) is 0 Å². The highest BCUT2D eigenvalue weighted by Crippen LogP contribution is 2.20. The SMILES string of the molecule is CC(C)c1c(N)nc(C2COCCO2)[nH]c1=O. The van der Waals surface area contributed by atoms with Gasteiger partial charge in [0.15, 0.2) is 0 Å². The molecule has 0 aliphatic carbocycles. The van der Waals surface area contributed by atoms with E-state index in [0.717, 1.165) is 0 Å². The molecule has 1 aromatic heterocycles. The molecule has 17 heavy (non-hydrogen) atoms. The molecule has 0 spiro atoms. The number of nitrogens with zero attached hydrogens (tertiary/aromatic N) is 1. The van der Waals surface area contributed by atoms with Crippen molar-refractivity contribution in [3.8, 4) is 0 Å². The van der Waals surface area contributed by atoms with Crippen molar-refractivity contribution in [1.82, 2.24) is 9.97 Å². The highest BCUT2D eigenvalue weighted by Gasteiger charge is 2.21. The molecule has 2 heterocycles. The molecule has 2 rings (SSSR count). The number of nitrogens with one attached hydrogen (secondary N) is 1. The smallest absolute Gasteiger partial charge is 0.256 e. The quantitative estimate of drug-likeness (QED) is 0.787. The monoisotopic (exact) mass is 239 g/mol. The first kappa shape index (κ1) is 12.1. The first-order valence-electron chi connectivity index (χ1n) is 5.68. The van der Waals surface area contributed by atoms with Crippen LogP contribution in [0.1, 0.15) is 37.3 Å². The molecule has 1 unspecified atom stereocenters. The van der Waals surface area contributed by atoms with Crippen LogP contribution >= 0.6 is 0 Å². The second kappa shape index (κ2) is 4.85. The molecule has 1 aliphatic rings. The van der Waals surface area contributed by atoms with E-state index in [-0.39, 0.29) is 23.4 Å². The third-order valence-corrected chi connectivity index (χ3v) is 2.70. The first-order valence-corrected chi connectivity index (χ1v) is 5.68. The van der Waals surface area contributed by atoms with Gasteiger partial charge in [-0.15, -0.1) is 0 Å². The van der Waals surface area contributed by atoms with Gasteiger partial charge in [-0.3, -0.25) is 4.79 Å². The largest absolute Gasteiger partial charge is 0.383 e. The fourth-order valence-electron chi connectivity index (χ4n) is 1.87. The lowest BCUT2D eigenvalue weighted by molar-refractivity contribution is -0.0935. The van der Waals surface area contributed by atoms with E-state index in [1.807, 2.05) is 13.8 Å². The molecule has 1 saturated heterocycles. The summed E-state index contributed by atoms with van der Waals surface area (Å²) in [6, 6.07) is 0. The summed E-state index contributed by atoms with van der Waals surface area (Å²) in [5, 5.41) is 0. The molecule has 94 valence electrons. The van der Waals surface area contributed by atoms with Crippen molar-refractivity contribution >= 4 is 5.82 Å². The van der Waals surface area contributed by atoms with Crippen molar-refractivity contribution in [2.75, 3.05) is 25.6 Å². The molecule has 3 N–H and O–H groups in total. The van der Waals surface area contributed by atoms with Crippen LogP contribution in [-0.2, 0) is 9.47 Å². The van der Waals surface area contributed by atoms with Gasteiger partial charge in [0, 0.05) is 0 Å². The average molecular weight is 239 g/mol. The first-order chi connectivity index (χ1) is 8.09. The number of nitrogen functional groups attached to an aromatic ring is 1. The van der Waals surface area contributed by atoms with Gasteiger partial charge in [-0.25, -0.2) is 4.98 Å². The van der Waals surface area contributed by atoms with Gasteiger partial charge in [0.25, 0.3) is 5.56 Å². The van der Waals surface area contributed by atoms with Gasteiger partial charge in [-0.2, -0.15) is 0 Å². The maximum atomic E-state index is 11.9. The Balaban J connectivity index is 2.34. The van der Waals surface area contributed by atoms with Crippen LogP contribution in [0.15, 0.2) is 4.79 Å². The number of hydrogen-bond acceptors (Lipinski definition) is 5. The topological polar surface area (TPSA) is 90.2 Å². The summed E-state index contributed by atoms with van der Waals surface area (Å²) < 4.78 is 10.7. The Morgan fingerprint density at radius 2 is 2.24 bits per heavy atom. The Morgan fingerprint density at radius 3 is 2.76 bits per heavy atom. The Bertz CT molecular complexity index is 450. The predicted octanol–water partition coefficient (Wildman–Crippen LogP) is 0.563. The van der Waals surface area contributed by atoms with Crippen LogP contribution in [0.5, 0.6) is 0 Å². The zero-order valence-electron chi connectivity index (χ0n) is 10.0. The predicted molar refractivity (Wildman–Crippen MR) is 62.9 cm³/mol. The number of rotatable bonds is 2. The number of ether oxygens (including phenoxy) is 2. The maximum absolute atomic E-state index is 11.9. The van der Waals surface area contributed by atoms with E-state index in [2.05, 4.69) is 9.97 Å². The van der Waals surface area contributed by atoms with Crippen LogP contribution in [-0.4, -0.2) is 29.8 Å². The molecule has 0 bridgehead atoms. The third kappa shape index (κ3) is 2.48. The highest BCUT2D eigenvalue weighted by atomic mass is 16.6. The lowest BCUT2D eigenvalue weighted by Gasteiger charge is -2.22. The molecular weight excluding hydrogens is 222 g/mol. The molecule has 6 heteroatoms. The standard InChI is InChI=1S/C11H17N3O3/c1-6(2)8-9(12)13-10(14-11(8)15)7-5-16-3-4-17-7/h6-7H,3-5H2,1-2H3,(H3,12,13,14,15). The van der Waals surface area contributed by atoms with Crippen LogP contribution in [0.3, 0.4) is 0 Å². The molecule has 0 aromatic carbocycles. The van der Waals surface area contributed by atoms with Gasteiger partial charge in [0.1, 0.15) is 17.7 Å². The van der Waals surface area contributed by atoms with E-state index in [0.29, 0.717) is 31.2 Å². The van der Waals surface area contributed by atoms with Crippen molar-refractivity contribution < 1.29 is 9.47 Å². The molecule has 0 radical (unpaired) electrons. The summed E-state index contributed by atoms with van der Waals surface area (Å²) in [6.07, 6.45) is -0.333. The van der Waals surface area contributed by atoms with Crippen molar-refractivity contribution in [1.29, 1.82) is 0 Å². The lowest BCUT2D eigenvalue weighted by Crippen LogP contribution is -2.28. The summed E-state index contributed by atoms with van der Waals surface area (Å²) in [6.45, 7) is 5.27. The van der Waals surface area contributed by atoms with Gasteiger partial charge in [0.05, 0.1) is 25.4 Å². The Hall–Kier alpha value is -1.40. The van der Waals surface area contributed by atoms with Gasteiger partial charge >= 0.3 is 0 Å². The molecule has 1 atom stereocenters. The van der Waals surface area contributed by atoms with E-state index in [4.69, 9.17) is 15.2 Å². The highest BCUT2D eigenvalue weighted by molar-refractivity contribution is 5.39. The van der Waals surface area contributed by atoms with E-state index in [1.165, 1.54) is 0 Å². The molecule has 0 amide bonds. The number of anilines is 1. The van der Waals surface area contributed by atoms with E-state index in [1.54, 1.807) is 0 Å². The normalized spacial score (nSPS) is 20.8. The summed E-state index contributed by atoms with van der Waals surface area (Å²) in [5.41, 5.74) is 6.12. The second-order valence-electron chi connectivity index (χ2n) is 4.34. The van der Waals surface area contributed by atoms with Crippen molar-refractivity contribution in [2.24, 2.45) is 0 Å². The molecular formula is C11H17N3O3. The number of H-pyrrole nitrogens is 1. The van der Waals surface area contributed by atoms with Gasteiger partial charge < -0.3 is 20.2 Å². The summed E-state index contributed by atoms with van der Waals surface area (Å²) in [7, 11) is 0. The Morgan fingerprint density at radius 1 is 1.47 bits per heavy atom. The third-order valence-electron chi connectivity index (χ3n) is 2.70. The van der Waals surface area contributed by atoms with Gasteiger partial charge in [0.2, 0.25) is 0 Å². The Kier molecular flexibility index (Phi) is 3.44. The lowest BCUT2D eigenvalue weighted by atomic mass is 10.1. The number of nitrogens with two attached hydrogens (primary N) is 1. The molecule has 6 nitrogen and oxygen atoms in total. The molecule has 0 saturated carbocycles. The zero-order chi connectivity index (χ0) is 12.4. The minimum absolute atomic E-state index is 0.0452. The fourth-order valence-corrected chi connectivity index (χ4v) is 1.87. The summed E-state index contributed by atoms with van der Waals surface area (Å²) in [5.74, 6) is 0.758.